The van der Waals surface area contributed by atoms with Gasteiger partial charge in [-0.2, -0.15) is 10.2 Å². The van der Waals surface area contributed by atoms with E-state index in [2.05, 4.69) is 31.4 Å². The summed E-state index contributed by atoms with van der Waals surface area (Å²) in [6.45, 7) is 7.77. The molecule has 1 N–H and O–H groups in total. The van der Waals surface area contributed by atoms with Gasteiger partial charge >= 0.3 is 0 Å². The molecule has 0 unspecified atom stereocenters. The predicted molar refractivity (Wildman–Crippen MR) is 139 cm³/mol. The number of nitrogens with zero attached hydrogens (tertiary/aromatic N) is 4. The van der Waals surface area contributed by atoms with Crippen molar-refractivity contribution in [3.8, 4) is 11.4 Å². The number of nitrogens with one attached hydrogen (secondary N) is 1. The Hall–Kier alpha value is -3.13. The molecule has 1 aliphatic heterocycles. The number of hydrazone groups is 1. The minimum Gasteiger partial charge on any atom is -0.482 e. The van der Waals surface area contributed by atoms with Crippen LogP contribution in [-0.4, -0.2) is 41.6 Å². The lowest BCUT2D eigenvalue weighted by Gasteiger charge is -2.29. The highest BCUT2D eigenvalue weighted by atomic mass is 79.9. The molecule has 1 aromatic heterocycles. The Bertz CT molecular complexity index is 1160. The highest BCUT2D eigenvalue weighted by molar-refractivity contribution is 9.10. The van der Waals surface area contributed by atoms with Crippen LogP contribution >= 0.6 is 15.9 Å². The van der Waals surface area contributed by atoms with Crippen LogP contribution in [0.5, 0.6) is 5.75 Å². The number of anilines is 1. The van der Waals surface area contributed by atoms with E-state index in [0.717, 1.165) is 64.3 Å². The highest BCUT2D eigenvalue weighted by Crippen LogP contribution is 2.30. The molecule has 1 fully saturated rings. The van der Waals surface area contributed by atoms with Crippen LogP contribution < -0.4 is 15.1 Å². The third-order valence-electron chi connectivity index (χ3n) is 5.84. The second-order valence-electron chi connectivity index (χ2n) is 8.59. The first-order valence-corrected chi connectivity index (χ1v) is 12.3. The first-order valence-electron chi connectivity index (χ1n) is 11.6. The number of rotatable bonds is 7. The minimum atomic E-state index is -0.323. The molecule has 7 nitrogen and oxygen atoms in total. The highest BCUT2D eigenvalue weighted by Gasteiger charge is 2.22. The number of carbonyl (C=O) groups excluding carboxylic acids is 1. The third-order valence-corrected chi connectivity index (χ3v) is 6.43. The maximum absolute atomic E-state index is 12.4. The van der Waals surface area contributed by atoms with Crippen molar-refractivity contribution in [1.82, 2.24) is 15.2 Å². The van der Waals surface area contributed by atoms with E-state index < -0.39 is 0 Å². The van der Waals surface area contributed by atoms with Gasteiger partial charge < -0.3 is 9.64 Å². The number of hydrogen-bond donors (Lipinski definition) is 1. The van der Waals surface area contributed by atoms with Crippen molar-refractivity contribution in [2.24, 2.45) is 5.10 Å². The van der Waals surface area contributed by atoms with Crippen molar-refractivity contribution < 1.29 is 9.53 Å². The molecule has 2 heterocycles. The average Bonchev–Trinajstić information content (AvgIpc) is 3.15. The van der Waals surface area contributed by atoms with Crippen LogP contribution in [0.25, 0.3) is 5.69 Å². The Morgan fingerprint density at radius 2 is 1.88 bits per heavy atom. The standard InChI is InChI=1S/C26H30BrN5O2/c1-18-14-19(2)25(23(27)15-18)34-17-24(33)29-28-16-22-20(3)30-32(21-10-6-4-7-11-21)26(22)31-12-8-5-9-13-31/h4,6-7,10-11,14-16H,5,8-9,12-13,17H2,1-3H3,(H,29,33)/b28-16-. The zero-order chi connectivity index (χ0) is 24.1. The lowest BCUT2D eigenvalue weighted by Crippen LogP contribution is -2.32. The number of ether oxygens (including phenoxy) is 1. The number of halogens is 1. The van der Waals surface area contributed by atoms with Crippen LogP contribution in [0, 0.1) is 20.8 Å². The van der Waals surface area contributed by atoms with Gasteiger partial charge in [-0.15, -0.1) is 0 Å². The van der Waals surface area contributed by atoms with Crippen molar-refractivity contribution in [3.05, 3.63) is 69.3 Å². The number of para-hydroxylation sites is 1. The molecule has 4 rings (SSSR count). The molecule has 0 atom stereocenters. The maximum Gasteiger partial charge on any atom is 0.277 e. The predicted octanol–water partition coefficient (Wildman–Crippen LogP) is 5.08. The number of carbonyl (C=O) groups is 1. The normalized spacial score (nSPS) is 13.9. The molecular weight excluding hydrogens is 494 g/mol. The van der Waals surface area contributed by atoms with Gasteiger partial charge in [0.25, 0.3) is 5.91 Å². The maximum atomic E-state index is 12.4. The van der Waals surface area contributed by atoms with E-state index in [9.17, 15) is 4.79 Å². The first-order chi connectivity index (χ1) is 16.4. The summed E-state index contributed by atoms with van der Waals surface area (Å²) in [6, 6.07) is 14.1. The second-order valence-corrected chi connectivity index (χ2v) is 9.45. The fourth-order valence-electron chi connectivity index (χ4n) is 4.26. The lowest BCUT2D eigenvalue weighted by atomic mass is 10.1. The van der Waals surface area contributed by atoms with Gasteiger partial charge in [0.15, 0.2) is 6.61 Å². The van der Waals surface area contributed by atoms with E-state index in [1.807, 2.05) is 67.9 Å². The van der Waals surface area contributed by atoms with Crippen LogP contribution in [0.1, 0.15) is 41.6 Å². The summed E-state index contributed by atoms with van der Waals surface area (Å²) >= 11 is 3.51. The quantitative estimate of drug-likeness (QED) is 0.346. The van der Waals surface area contributed by atoms with Crippen LogP contribution in [0.2, 0.25) is 0 Å². The van der Waals surface area contributed by atoms with Gasteiger partial charge in [0.05, 0.1) is 27.6 Å². The van der Waals surface area contributed by atoms with Gasteiger partial charge in [0.1, 0.15) is 11.6 Å². The van der Waals surface area contributed by atoms with Crippen molar-refractivity contribution in [2.45, 2.75) is 40.0 Å². The lowest BCUT2D eigenvalue weighted by molar-refractivity contribution is -0.123. The topological polar surface area (TPSA) is 71.7 Å². The Morgan fingerprint density at radius 3 is 2.59 bits per heavy atom. The number of hydrogen-bond acceptors (Lipinski definition) is 5. The molecule has 0 aliphatic carbocycles. The number of piperidine rings is 1. The fraction of sp³-hybridized carbons (Fsp3) is 0.346. The van der Waals surface area contributed by atoms with Gasteiger partial charge in [-0.25, -0.2) is 10.1 Å². The molecule has 34 heavy (non-hydrogen) atoms. The van der Waals surface area contributed by atoms with Crippen LogP contribution in [0.3, 0.4) is 0 Å². The molecule has 0 saturated carbocycles. The molecule has 0 bridgehead atoms. The van der Waals surface area contributed by atoms with E-state index in [-0.39, 0.29) is 12.5 Å². The minimum absolute atomic E-state index is 0.124. The summed E-state index contributed by atoms with van der Waals surface area (Å²) in [6.07, 6.45) is 5.23. The van der Waals surface area contributed by atoms with Gasteiger partial charge in [-0.05, 0) is 85.3 Å². The van der Waals surface area contributed by atoms with Crippen LogP contribution in [0.4, 0.5) is 5.82 Å². The first kappa shape index (κ1) is 24.0. The second kappa shape index (κ2) is 10.9. The Morgan fingerprint density at radius 1 is 1.15 bits per heavy atom. The van der Waals surface area contributed by atoms with Gasteiger partial charge in [-0.3, -0.25) is 4.79 Å². The van der Waals surface area contributed by atoms with E-state index in [4.69, 9.17) is 9.84 Å². The molecule has 1 saturated heterocycles. The molecule has 178 valence electrons. The Balaban J connectivity index is 1.50. The number of aryl methyl sites for hydroxylation is 3. The molecular formula is C26H30BrN5O2. The summed E-state index contributed by atoms with van der Waals surface area (Å²) in [5, 5.41) is 9.04. The number of aromatic nitrogens is 2. The molecule has 1 aliphatic rings. The zero-order valence-corrected chi connectivity index (χ0v) is 21.4. The molecule has 3 aromatic rings. The smallest absolute Gasteiger partial charge is 0.277 e. The molecule has 0 spiro atoms. The van der Waals surface area contributed by atoms with E-state index in [1.54, 1.807) is 6.21 Å². The fourth-order valence-corrected chi connectivity index (χ4v) is 5.05. The Kier molecular flexibility index (Phi) is 7.67. The monoisotopic (exact) mass is 523 g/mol. The number of amides is 1. The third kappa shape index (κ3) is 5.50. The summed E-state index contributed by atoms with van der Waals surface area (Å²) < 4.78 is 8.54. The van der Waals surface area contributed by atoms with Crippen LogP contribution in [-0.2, 0) is 4.79 Å². The molecule has 0 radical (unpaired) electrons. The van der Waals surface area contributed by atoms with E-state index in [0.29, 0.717) is 5.75 Å². The zero-order valence-electron chi connectivity index (χ0n) is 19.8. The van der Waals surface area contributed by atoms with Crippen LogP contribution in [0.15, 0.2) is 52.0 Å². The summed E-state index contributed by atoms with van der Waals surface area (Å²) in [7, 11) is 0. The SMILES string of the molecule is Cc1cc(C)c(OCC(=O)N/N=C\c2c(C)nn(-c3ccccc3)c2N2CCCCC2)c(Br)c1. The summed E-state index contributed by atoms with van der Waals surface area (Å²) in [5.74, 6) is 1.35. The van der Waals surface area contributed by atoms with Crippen molar-refractivity contribution >= 4 is 33.9 Å². The summed E-state index contributed by atoms with van der Waals surface area (Å²) in [4.78, 5) is 14.8. The largest absolute Gasteiger partial charge is 0.482 e. The molecule has 8 heteroatoms. The van der Waals surface area contributed by atoms with E-state index in [1.165, 1.54) is 6.42 Å². The van der Waals surface area contributed by atoms with Gasteiger partial charge in [-0.1, -0.05) is 24.3 Å². The molecule has 1 amide bonds. The van der Waals surface area contributed by atoms with Gasteiger partial charge in [0, 0.05) is 13.1 Å². The van der Waals surface area contributed by atoms with E-state index >= 15 is 0 Å². The Labute approximate surface area is 208 Å². The van der Waals surface area contributed by atoms with Crippen molar-refractivity contribution in [3.63, 3.8) is 0 Å². The summed E-state index contributed by atoms with van der Waals surface area (Å²) in [5.41, 5.74) is 7.46. The van der Waals surface area contributed by atoms with Crippen molar-refractivity contribution in [1.29, 1.82) is 0 Å². The molecule has 2 aromatic carbocycles. The van der Waals surface area contributed by atoms with Crippen molar-refractivity contribution in [2.75, 3.05) is 24.6 Å². The number of benzene rings is 2. The average molecular weight is 524 g/mol. The van der Waals surface area contributed by atoms with Gasteiger partial charge in [0.2, 0.25) is 0 Å².